The van der Waals surface area contributed by atoms with E-state index in [0.717, 1.165) is 29.6 Å². The van der Waals surface area contributed by atoms with Gasteiger partial charge in [-0.25, -0.2) is 15.0 Å². The summed E-state index contributed by atoms with van der Waals surface area (Å²) in [6.07, 6.45) is 5.36. The first-order valence-corrected chi connectivity index (χ1v) is 9.88. The Kier molecular flexibility index (Phi) is 5.36. The van der Waals surface area contributed by atoms with Crippen molar-refractivity contribution < 1.29 is 13.9 Å². The number of fused-ring (bicyclic) bond motifs is 3. The molecule has 3 aromatic heterocycles. The van der Waals surface area contributed by atoms with Crippen molar-refractivity contribution in [3.63, 3.8) is 0 Å². The summed E-state index contributed by atoms with van der Waals surface area (Å²) in [6, 6.07) is 3.12. The Morgan fingerprint density at radius 3 is 2.86 bits per heavy atom. The van der Waals surface area contributed by atoms with E-state index in [4.69, 9.17) is 16.3 Å². The van der Waals surface area contributed by atoms with E-state index < -0.39 is 5.95 Å². The minimum Gasteiger partial charge on any atom is -0.465 e. The number of hydrogen-bond donors (Lipinski definition) is 0. The molecular formula is C20H21ClFN5O2. The minimum absolute atomic E-state index is 0.0911. The monoisotopic (exact) mass is 417 g/mol. The zero-order valence-corrected chi connectivity index (χ0v) is 17.0. The smallest absolute Gasteiger partial charge is 0.325 e. The predicted molar refractivity (Wildman–Crippen MR) is 108 cm³/mol. The van der Waals surface area contributed by atoms with Gasteiger partial charge >= 0.3 is 5.97 Å². The Morgan fingerprint density at radius 1 is 1.38 bits per heavy atom. The van der Waals surface area contributed by atoms with Gasteiger partial charge in [0.1, 0.15) is 6.54 Å². The van der Waals surface area contributed by atoms with Gasteiger partial charge in [-0.1, -0.05) is 11.6 Å². The van der Waals surface area contributed by atoms with Gasteiger partial charge in [0.25, 0.3) is 0 Å². The number of halogens is 2. The average Bonchev–Trinajstić information content (AvgIpc) is 3.00. The SMILES string of the molecule is CCOC(=O)Cn1c2c(c3nc(F)ccc31)C[C@@H](N(C)c1ncc(Cl)cn1)CC2. The van der Waals surface area contributed by atoms with E-state index in [1.807, 2.05) is 16.5 Å². The number of nitrogens with zero attached hydrogens (tertiary/aromatic N) is 5. The normalized spacial score (nSPS) is 15.9. The molecule has 0 saturated heterocycles. The highest BCUT2D eigenvalue weighted by Crippen LogP contribution is 2.33. The molecule has 4 rings (SSSR count). The van der Waals surface area contributed by atoms with Crippen molar-refractivity contribution in [1.29, 1.82) is 0 Å². The molecule has 0 radical (unpaired) electrons. The number of anilines is 1. The number of aromatic nitrogens is 4. The molecule has 0 aromatic carbocycles. The summed E-state index contributed by atoms with van der Waals surface area (Å²) in [5.74, 6) is -0.271. The van der Waals surface area contributed by atoms with Gasteiger partial charge in [0.15, 0.2) is 0 Å². The van der Waals surface area contributed by atoms with Crippen LogP contribution in [0.2, 0.25) is 5.02 Å². The molecule has 0 N–H and O–H groups in total. The fraction of sp³-hybridized carbons (Fsp3) is 0.400. The summed E-state index contributed by atoms with van der Waals surface area (Å²) in [7, 11) is 1.94. The van der Waals surface area contributed by atoms with Crippen molar-refractivity contribution in [2.75, 3.05) is 18.6 Å². The van der Waals surface area contributed by atoms with Crippen molar-refractivity contribution in [3.05, 3.63) is 46.8 Å². The number of esters is 1. The summed E-state index contributed by atoms with van der Waals surface area (Å²) in [4.78, 5) is 26.8. The number of pyridine rings is 1. The van der Waals surface area contributed by atoms with E-state index in [-0.39, 0.29) is 18.6 Å². The fourth-order valence-electron chi connectivity index (χ4n) is 3.95. The highest BCUT2D eigenvalue weighted by molar-refractivity contribution is 6.30. The van der Waals surface area contributed by atoms with Gasteiger partial charge in [-0.3, -0.25) is 4.79 Å². The van der Waals surface area contributed by atoms with Crippen LogP contribution in [0.4, 0.5) is 10.3 Å². The van der Waals surface area contributed by atoms with Gasteiger partial charge in [0.05, 0.1) is 35.1 Å². The average molecular weight is 418 g/mol. The van der Waals surface area contributed by atoms with E-state index >= 15 is 0 Å². The predicted octanol–water partition coefficient (Wildman–Crippen LogP) is 3.18. The molecule has 0 unspecified atom stereocenters. The summed E-state index contributed by atoms with van der Waals surface area (Å²) in [5.41, 5.74) is 3.31. The molecule has 0 amide bonds. The highest BCUT2D eigenvalue weighted by atomic mass is 35.5. The summed E-state index contributed by atoms with van der Waals surface area (Å²) >= 11 is 5.89. The quantitative estimate of drug-likeness (QED) is 0.469. The first-order chi connectivity index (χ1) is 14.0. The topological polar surface area (TPSA) is 73.1 Å². The lowest BCUT2D eigenvalue weighted by Crippen LogP contribution is -2.37. The summed E-state index contributed by atoms with van der Waals surface area (Å²) in [5, 5.41) is 0.481. The van der Waals surface area contributed by atoms with Crippen LogP contribution in [0.15, 0.2) is 24.5 Å². The second-order valence-corrected chi connectivity index (χ2v) is 7.46. The Labute approximate surface area is 172 Å². The van der Waals surface area contributed by atoms with Crippen molar-refractivity contribution in [2.24, 2.45) is 0 Å². The number of ether oxygens (including phenoxy) is 1. The first-order valence-electron chi connectivity index (χ1n) is 9.50. The minimum atomic E-state index is -0.537. The third-order valence-electron chi connectivity index (χ3n) is 5.31. The van der Waals surface area contributed by atoms with Gasteiger partial charge in [-0.2, -0.15) is 4.39 Å². The number of rotatable bonds is 5. The molecule has 3 heterocycles. The van der Waals surface area contributed by atoms with Crippen LogP contribution in [0.5, 0.6) is 0 Å². The van der Waals surface area contributed by atoms with Crippen molar-refractivity contribution in [2.45, 2.75) is 38.8 Å². The van der Waals surface area contributed by atoms with Crippen molar-refractivity contribution in [1.82, 2.24) is 19.5 Å². The van der Waals surface area contributed by atoms with Gasteiger partial charge in [0.2, 0.25) is 11.9 Å². The fourth-order valence-corrected chi connectivity index (χ4v) is 4.05. The maximum Gasteiger partial charge on any atom is 0.325 e. The lowest BCUT2D eigenvalue weighted by molar-refractivity contribution is -0.143. The van der Waals surface area contributed by atoms with Gasteiger partial charge in [-0.05, 0) is 38.3 Å². The zero-order chi connectivity index (χ0) is 20.5. The zero-order valence-electron chi connectivity index (χ0n) is 16.2. The van der Waals surface area contributed by atoms with Crippen molar-refractivity contribution in [3.8, 4) is 0 Å². The molecular weight excluding hydrogens is 397 g/mol. The Hall–Kier alpha value is -2.74. The van der Waals surface area contributed by atoms with Crippen LogP contribution in [-0.2, 0) is 28.9 Å². The van der Waals surface area contributed by atoms with E-state index in [1.54, 1.807) is 25.4 Å². The summed E-state index contributed by atoms with van der Waals surface area (Å²) in [6.45, 7) is 2.19. The third-order valence-corrected chi connectivity index (χ3v) is 5.50. The van der Waals surface area contributed by atoms with Crippen LogP contribution in [0.3, 0.4) is 0 Å². The standard InChI is InChI=1S/C20H21ClFN5O2/c1-3-29-18(28)11-27-15-5-4-13(26(2)20-23-9-12(21)10-24-20)8-14(15)19-16(27)6-7-17(22)25-19/h6-7,9-10,13H,3-5,8,11H2,1-2H3/t13-/m0/s1. The first kappa shape index (κ1) is 19.6. The molecule has 9 heteroatoms. The third kappa shape index (κ3) is 3.76. The molecule has 0 saturated carbocycles. The number of carbonyl (C=O) groups excluding carboxylic acids is 1. The van der Waals surface area contributed by atoms with Gasteiger partial charge < -0.3 is 14.2 Å². The Morgan fingerprint density at radius 2 is 2.14 bits per heavy atom. The molecule has 29 heavy (non-hydrogen) atoms. The maximum absolute atomic E-state index is 13.9. The van der Waals surface area contributed by atoms with E-state index in [2.05, 4.69) is 15.0 Å². The molecule has 152 valence electrons. The molecule has 0 aliphatic heterocycles. The molecule has 1 aliphatic carbocycles. The molecule has 1 atom stereocenters. The van der Waals surface area contributed by atoms with E-state index in [0.29, 0.717) is 29.5 Å². The van der Waals surface area contributed by atoms with Crippen molar-refractivity contribution >= 4 is 34.6 Å². The number of hydrogen-bond acceptors (Lipinski definition) is 6. The van der Waals surface area contributed by atoms with Crippen LogP contribution >= 0.6 is 11.6 Å². The van der Waals surface area contributed by atoms with Crippen LogP contribution in [0.25, 0.3) is 11.0 Å². The summed E-state index contributed by atoms with van der Waals surface area (Å²) < 4.78 is 20.9. The van der Waals surface area contributed by atoms with Crippen LogP contribution in [0.1, 0.15) is 24.6 Å². The Bertz CT molecular complexity index is 1050. The van der Waals surface area contributed by atoms with Crippen LogP contribution < -0.4 is 4.90 Å². The second-order valence-electron chi connectivity index (χ2n) is 7.03. The molecule has 3 aromatic rings. The van der Waals surface area contributed by atoms with Gasteiger partial charge in [-0.15, -0.1) is 0 Å². The number of likely N-dealkylation sites (N-methyl/N-ethyl adjacent to an activating group) is 1. The molecule has 7 nitrogen and oxygen atoms in total. The highest BCUT2D eigenvalue weighted by Gasteiger charge is 2.30. The van der Waals surface area contributed by atoms with Crippen LogP contribution in [0, 0.1) is 5.95 Å². The van der Waals surface area contributed by atoms with E-state index in [1.165, 1.54) is 6.07 Å². The van der Waals surface area contributed by atoms with E-state index in [9.17, 15) is 9.18 Å². The Balaban J connectivity index is 1.70. The largest absolute Gasteiger partial charge is 0.465 e. The van der Waals surface area contributed by atoms with Gasteiger partial charge in [0, 0.05) is 24.3 Å². The second kappa shape index (κ2) is 7.94. The lowest BCUT2D eigenvalue weighted by Gasteiger charge is -2.31. The maximum atomic E-state index is 13.9. The molecule has 0 bridgehead atoms. The molecule has 1 aliphatic rings. The molecule has 0 fully saturated rings. The number of carbonyl (C=O) groups is 1. The molecule has 0 spiro atoms. The lowest BCUT2D eigenvalue weighted by atomic mass is 9.91. The van der Waals surface area contributed by atoms with Crippen LogP contribution in [-0.4, -0.2) is 45.2 Å².